The number of Topliss-reactive ketones (excluding diaryl/α,β-unsaturated/α-hetero) is 1. The van der Waals surface area contributed by atoms with Gasteiger partial charge in [0.25, 0.3) is 11.8 Å². The molecule has 0 bridgehead atoms. The number of carbonyl (C=O) groups is 4. The second kappa shape index (κ2) is 12.6. The lowest BCUT2D eigenvalue weighted by Gasteiger charge is -2.31. The van der Waals surface area contributed by atoms with Gasteiger partial charge in [0.2, 0.25) is 5.91 Å². The van der Waals surface area contributed by atoms with Crippen LogP contribution in [0.1, 0.15) is 67.8 Å². The molecule has 12 heteroatoms. The van der Waals surface area contributed by atoms with Crippen LogP contribution in [0, 0.1) is 11.6 Å². The van der Waals surface area contributed by atoms with Crippen molar-refractivity contribution in [1.29, 1.82) is 0 Å². The highest BCUT2D eigenvalue weighted by atomic mass is 32.1. The minimum atomic E-state index is -1.05. The molecular formula is C27H26F2N4O5S. The number of aromatic nitrogens is 1. The van der Waals surface area contributed by atoms with Gasteiger partial charge in [-0.2, -0.15) is 0 Å². The van der Waals surface area contributed by atoms with E-state index in [1.165, 1.54) is 11.3 Å². The Morgan fingerprint density at radius 2 is 1.69 bits per heavy atom. The Kier molecular flexibility index (Phi) is 8.97. The van der Waals surface area contributed by atoms with E-state index in [1.807, 2.05) is 0 Å². The first-order chi connectivity index (χ1) is 18.7. The zero-order valence-electron chi connectivity index (χ0n) is 21.0. The molecule has 204 valence electrons. The van der Waals surface area contributed by atoms with Gasteiger partial charge in [0.1, 0.15) is 23.1 Å². The molecule has 2 N–H and O–H groups in total. The topological polar surface area (TPSA) is 118 Å². The number of rotatable bonds is 8. The molecule has 1 fully saturated rings. The Hall–Kier alpha value is -4.19. The van der Waals surface area contributed by atoms with Crippen molar-refractivity contribution < 1.29 is 32.7 Å². The van der Waals surface area contributed by atoms with Crippen LogP contribution < -0.4 is 15.6 Å². The van der Waals surface area contributed by atoms with Crippen LogP contribution in [-0.2, 0) is 4.79 Å². The molecule has 9 nitrogen and oxygen atoms in total. The molecule has 3 amide bonds. The summed E-state index contributed by atoms with van der Waals surface area (Å²) >= 11 is 1.30. The summed E-state index contributed by atoms with van der Waals surface area (Å²) in [6.07, 6.45) is 1.58. The number of carbonyl (C=O) groups excluding carboxylic acids is 4. The molecule has 0 spiro atoms. The smallest absolute Gasteiger partial charge is 0.289 e. The molecular weight excluding hydrogens is 530 g/mol. The third-order valence-corrected chi connectivity index (χ3v) is 7.40. The molecule has 2 aromatic carbocycles. The Labute approximate surface area is 227 Å². The Balaban J connectivity index is 1.22. The number of amides is 3. The number of piperidine rings is 1. The molecule has 0 unspecified atom stereocenters. The Morgan fingerprint density at radius 3 is 2.36 bits per heavy atom. The van der Waals surface area contributed by atoms with Gasteiger partial charge in [-0.15, -0.1) is 11.3 Å². The zero-order valence-corrected chi connectivity index (χ0v) is 21.9. The highest BCUT2D eigenvalue weighted by Gasteiger charge is 2.27. The molecule has 0 atom stereocenters. The highest BCUT2D eigenvalue weighted by molar-refractivity contribution is 7.09. The fourth-order valence-corrected chi connectivity index (χ4v) is 5.14. The summed E-state index contributed by atoms with van der Waals surface area (Å²) < 4.78 is 31.9. The molecule has 0 radical (unpaired) electrons. The number of hydrazine groups is 1. The van der Waals surface area contributed by atoms with Crippen LogP contribution in [0.3, 0.4) is 0 Å². The lowest BCUT2D eigenvalue weighted by Crippen LogP contribution is -2.42. The normalized spacial score (nSPS) is 13.6. The van der Waals surface area contributed by atoms with Crippen LogP contribution in [0.4, 0.5) is 8.78 Å². The van der Waals surface area contributed by atoms with Crippen LogP contribution >= 0.6 is 11.3 Å². The summed E-state index contributed by atoms with van der Waals surface area (Å²) in [6, 6.07) is 9.26. The zero-order chi connectivity index (χ0) is 27.9. The fourth-order valence-electron chi connectivity index (χ4n) is 4.17. The second-order valence-electron chi connectivity index (χ2n) is 8.91. The van der Waals surface area contributed by atoms with Crippen molar-refractivity contribution in [2.75, 3.05) is 20.2 Å². The van der Waals surface area contributed by atoms with E-state index < -0.39 is 29.0 Å². The number of halogens is 2. The Morgan fingerprint density at radius 1 is 1.00 bits per heavy atom. The van der Waals surface area contributed by atoms with E-state index in [9.17, 15) is 28.0 Å². The van der Waals surface area contributed by atoms with Crippen molar-refractivity contribution in [2.45, 2.75) is 31.6 Å². The van der Waals surface area contributed by atoms with Crippen LogP contribution in [0.5, 0.6) is 5.75 Å². The SMILES string of the molecule is COc1ccc(C(=O)CCC(=O)N2CCC(c3nc(C(=O)NNC(=O)c4ccc(F)cc4F)cs3)CC2)cc1. The van der Waals surface area contributed by atoms with Gasteiger partial charge in [0.15, 0.2) is 5.78 Å². The minimum absolute atomic E-state index is 0.0597. The number of ketones is 1. The standard InChI is InChI=1S/C27H26F2N4O5S/c1-38-19-5-2-16(3-6-19)23(34)8-9-24(35)33-12-10-17(11-13-33)27-30-22(15-39-27)26(37)32-31-25(36)20-7-4-18(28)14-21(20)29/h2-7,14-15,17H,8-13H2,1H3,(H,31,36)(H,32,37). The molecule has 1 saturated heterocycles. The van der Waals surface area contributed by atoms with Gasteiger partial charge in [0, 0.05) is 48.9 Å². The average molecular weight is 557 g/mol. The monoisotopic (exact) mass is 556 g/mol. The molecule has 4 rings (SSSR count). The predicted molar refractivity (Wildman–Crippen MR) is 139 cm³/mol. The van der Waals surface area contributed by atoms with E-state index in [0.717, 1.165) is 17.1 Å². The van der Waals surface area contributed by atoms with Crippen LogP contribution in [0.25, 0.3) is 0 Å². The van der Waals surface area contributed by atoms with Crippen molar-refractivity contribution in [1.82, 2.24) is 20.7 Å². The van der Waals surface area contributed by atoms with E-state index in [4.69, 9.17) is 4.74 Å². The summed E-state index contributed by atoms with van der Waals surface area (Å²) in [6.45, 7) is 1.03. The van der Waals surface area contributed by atoms with Gasteiger partial charge in [-0.3, -0.25) is 30.0 Å². The van der Waals surface area contributed by atoms with Crippen molar-refractivity contribution in [3.8, 4) is 5.75 Å². The van der Waals surface area contributed by atoms with Gasteiger partial charge in [-0.25, -0.2) is 13.8 Å². The largest absolute Gasteiger partial charge is 0.497 e. The number of thiazole rings is 1. The van der Waals surface area contributed by atoms with Crippen LogP contribution in [0.15, 0.2) is 47.8 Å². The van der Waals surface area contributed by atoms with E-state index in [1.54, 1.807) is 41.7 Å². The first-order valence-corrected chi connectivity index (χ1v) is 13.1. The van der Waals surface area contributed by atoms with E-state index in [0.29, 0.717) is 43.3 Å². The minimum Gasteiger partial charge on any atom is -0.497 e. The van der Waals surface area contributed by atoms with Crippen molar-refractivity contribution in [3.05, 3.63) is 81.3 Å². The van der Waals surface area contributed by atoms with Crippen LogP contribution in [-0.4, -0.2) is 53.6 Å². The van der Waals surface area contributed by atoms with Gasteiger partial charge in [0.05, 0.1) is 17.7 Å². The molecule has 2 heterocycles. The Bertz CT molecular complexity index is 1370. The lowest BCUT2D eigenvalue weighted by molar-refractivity contribution is -0.132. The summed E-state index contributed by atoms with van der Waals surface area (Å²) in [5, 5.41) is 2.29. The maximum absolute atomic E-state index is 13.7. The number of nitrogens with zero attached hydrogens (tertiary/aromatic N) is 2. The van der Waals surface area contributed by atoms with Crippen molar-refractivity contribution in [3.63, 3.8) is 0 Å². The van der Waals surface area contributed by atoms with E-state index in [-0.39, 0.29) is 36.1 Å². The van der Waals surface area contributed by atoms with Crippen molar-refractivity contribution in [2.24, 2.45) is 0 Å². The number of benzene rings is 2. The van der Waals surface area contributed by atoms with E-state index >= 15 is 0 Å². The maximum Gasteiger partial charge on any atom is 0.289 e. The fraction of sp³-hybridized carbons (Fsp3) is 0.296. The van der Waals surface area contributed by atoms with Crippen LogP contribution in [0.2, 0.25) is 0 Å². The predicted octanol–water partition coefficient (Wildman–Crippen LogP) is 3.87. The van der Waals surface area contributed by atoms with Gasteiger partial charge in [-0.1, -0.05) is 0 Å². The highest BCUT2D eigenvalue weighted by Crippen LogP contribution is 2.30. The molecule has 1 aromatic heterocycles. The second-order valence-corrected chi connectivity index (χ2v) is 9.80. The number of ether oxygens (including phenoxy) is 1. The maximum atomic E-state index is 13.7. The molecule has 39 heavy (non-hydrogen) atoms. The number of nitrogens with one attached hydrogen (secondary N) is 2. The quantitative estimate of drug-likeness (QED) is 0.321. The summed E-state index contributed by atoms with van der Waals surface area (Å²) in [4.78, 5) is 55.6. The molecule has 0 aliphatic carbocycles. The van der Waals surface area contributed by atoms with Gasteiger partial charge in [-0.05, 0) is 49.2 Å². The number of hydrogen-bond acceptors (Lipinski definition) is 7. The summed E-state index contributed by atoms with van der Waals surface area (Å²) in [5.41, 5.74) is 4.48. The number of hydrogen-bond donors (Lipinski definition) is 2. The van der Waals surface area contributed by atoms with E-state index in [2.05, 4.69) is 15.8 Å². The number of likely N-dealkylation sites (tertiary alicyclic amines) is 1. The average Bonchev–Trinajstić information content (AvgIpc) is 3.45. The first-order valence-electron chi connectivity index (χ1n) is 12.2. The number of methoxy groups -OCH3 is 1. The van der Waals surface area contributed by atoms with Crippen molar-refractivity contribution >= 4 is 34.8 Å². The molecule has 1 aliphatic heterocycles. The summed E-state index contributed by atoms with van der Waals surface area (Å²) in [5.74, 6) is -2.95. The first kappa shape index (κ1) is 27.8. The molecule has 1 aliphatic rings. The summed E-state index contributed by atoms with van der Waals surface area (Å²) in [7, 11) is 1.55. The lowest BCUT2D eigenvalue weighted by atomic mass is 9.97. The molecule has 3 aromatic rings. The molecule has 0 saturated carbocycles. The van der Waals surface area contributed by atoms with Gasteiger partial charge >= 0.3 is 0 Å². The third kappa shape index (κ3) is 7.02. The van der Waals surface area contributed by atoms with Gasteiger partial charge < -0.3 is 9.64 Å². The third-order valence-electron chi connectivity index (χ3n) is 6.39.